The fourth-order valence-corrected chi connectivity index (χ4v) is 2.72. The Morgan fingerprint density at radius 2 is 1.56 bits per heavy atom. The van der Waals surface area contributed by atoms with Gasteiger partial charge in [0.2, 0.25) is 0 Å². The first-order valence-electron chi connectivity index (χ1n) is 7.79. The Morgan fingerprint density at radius 1 is 0.960 bits per heavy atom. The van der Waals surface area contributed by atoms with Gasteiger partial charge in [-0.2, -0.15) is 0 Å². The summed E-state index contributed by atoms with van der Waals surface area (Å²) in [4.78, 5) is 23.8. The third kappa shape index (κ3) is 3.67. The average molecular weight is 335 g/mol. The van der Waals surface area contributed by atoms with Crippen molar-refractivity contribution in [2.75, 3.05) is 0 Å². The molecule has 0 aromatic heterocycles. The second kappa shape index (κ2) is 6.75. The minimum Gasteiger partial charge on any atom is -0.479 e. The summed E-state index contributed by atoms with van der Waals surface area (Å²) in [6.07, 6.45) is 2.78. The minimum absolute atomic E-state index is 0.0724. The lowest BCUT2D eigenvalue weighted by atomic mass is 9.85. The van der Waals surface area contributed by atoms with Crippen molar-refractivity contribution in [3.8, 4) is 0 Å². The fourth-order valence-electron chi connectivity index (χ4n) is 2.72. The van der Waals surface area contributed by atoms with E-state index in [0.29, 0.717) is 11.1 Å². The van der Waals surface area contributed by atoms with Crippen molar-refractivity contribution in [3.05, 3.63) is 89.6 Å². The monoisotopic (exact) mass is 335 g/mol. The first kappa shape index (κ1) is 16.7. The number of carbonyl (C=O) groups is 2. The van der Waals surface area contributed by atoms with Crippen LogP contribution in [0, 0.1) is 0 Å². The minimum atomic E-state index is -2.07. The van der Waals surface area contributed by atoms with Gasteiger partial charge in [-0.25, -0.2) is 4.79 Å². The van der Waals surface area contributed by atoms with E-state index in [2.05, 4.69) is 5.32 Å². The molecule has 0 fully saturated rings. The SMILES string of the molecule is O=C(NC1=CC(O)(C(=O)O)CC(c2ccccc2)=C1)c1ccccc1. The summed E-state index contributed by atoms with van der Waals surface area (Å²) in [5.41, 5.74) is 0.0589. The number of rotatable bonds is 4. The zero-order chi connectivity index (χ0) is 17.9. The van der Waals surface area contributed by atoms with Crippen molar-refractivity contribution in [1.82, 2.24) is 5.32 Å². The van der Waals surface area contributed by atoms with E-state index in [1.54, 1.807) is 36.4 Å². The lowest BCUT2D eigenvalue weighted by Gasteiger charge is -2.27. The number of hydrogen-bond donors (Lipinski definition) is 3. The molecule has 0 spiro atoms. The van der Waals surface area contributed by atoms with E-state index in [-0.39, 0.29) is 18.0 Å². The zero-order valence-corrected chi connectivity index (χ0v) is 13.3. The summed E-state index contributed by atoms with van der Waals surface area (Å²) in [6.45, 7) is 0. The number of hydrogen-bond acceptors (Lipinski definition) is 3. The Bertz CT molecular complexity index is 856. The molecule has 25 heavy (non-hydrogen) atoms. The molecule has 2 aromatic rings. The van der Waals surface area contributed by atoms with E-state index >= 15 is 0 Å². The molecule has 5 nitrogen and oxygen atoms in total. The van der Waals surface area contributed by atoms with Crippen LogP contribution in [-0.2, 0) is 4.79 Å². The molecule has 126 valence electrons. The maximum Gasteiger partial charge on any atom is 0.340 e. The Kier molecular flexibility index (Phi) is 4.50. The number of allylic oxidation sites excluding steroid dienone is 1. The quantitative estimate of drug-likeness (QED) is 0.801. The lowest BCUT2D eigenvalue weighted by molar-refractivity contribution is -0.153. The number of aliphatic hydroxyl groups is 1. The summed E-state index contributed by atoms with van der Waals surface area (Å²) in [5, 5.41) is 22.5. The summed E-state index contributed by atoms with van der Waals surface area (Å²) in [7, 11) is 0. The molecule has 1 atom stereocenters. The van der Waals surface area contributed by atoms with Crippen LogP contribution in [0.2, 0.25) is 0 Å². The van der Waals surface area contributed by atoms with Gasteiger partial charge < -0.3 is 15.5 Å². The van der Waals surface area contributed by atoms with Crippen LogP contribution < -0.4 is 5.32 Å². The average Bonchev–Trinajstić information content (AvgIpc) is 2.62. The predicted octanol–water partition coefficient (Wildman–Crippen LogP) is 2.60. The predicted molar refractivity (Wildman–Crippen MR) is 93.6 cm³/mol. The smallest absolute Gasteiger partial charge is 0.340 e. The molecule has 0 heterocycles. The van der Waals surface area contributed by atoms with Crippen LogP contribution in [0.3, 0.4) is 0 Å². The third-order valence-corrected chi connectivity index (χ3v) is 3.99. The van der Waals surface area contributed by atoms with Gasteiger partial charge in [0.25, 0.3) is 5.91 Å². The summed E-state index contributed by atoms with van der Waals surface area (Å²) in [5.74, 6) is -1.73. The van der Waals surface area contributed by atoms with Crippen LogP contribution in [0.1, 0.15) is 22.3 Å². The van der Waals surface area contributed by atoms with Gasteiger partial charge in [-0.05, 0) is 35.4 Å². The van der Waals surface area contributed by atoms with Crippen molar-refractivity contribution in [2.45, 2.75) is 12.0 Å². The van der Waals surface area contributed by atoms with Crippen LogP contribution in [0.25, 0.3) is 5.57 Å². The second-order valence-electron chi connectivity index (χ2n) is 5.86. The topological polar surface area (TPSA) is 86.6 Å². The molecule has 1 aliphatic carbocycles. The highest BCUT2D eigenvalue weighted by atomic mass is 16.4. The molecule has 0 radical (unpaired) electrons. The normalized spacial score (nSPS) is 19.6. The number of nitrogens with one attached hydrogen (secondary N) is 1. The molecule has 0 saturated carbocycles. The molecule has 3 N–H and O–H groups in total. The van der Waals surface area contributed by atoms with Gasteiger partial charge in [-0.3, -0.25) is 4.79 Å². The highest BCUT2D eigenvalue weighted by molar-refractivity contribution is 5.96. The van der Waals surface area contributed by atoms with E-state index in [1.807, 2.05) is 30.3 Å². The van der Waals surface area contributed by atoms with E-state index < -0.39 is 11.6 Å². The maximum absolute atomic E-state index is 12.3. The highest BCUT2D eigenvalue weighted by Crippen LogP contribution is 2.32. The standard InChI is InChI=1S/C20H17NO4/c22-18(15-9-5-2-6-10-15)21-17-11-16(14-7-3-1-4-8-14)12-20(25,13-17)19(23)24/h1-11,13,25H,12H2,(H,21,22)(H,23,24). The van der Waals surface area contributed by atoms with Gasteiger partial charge >= 0.3 is 5.97 Å². The van der Waals surface area contributed by atoms with E-state index in [0.717, 1.165) is 5.56 Å². The Balaban J connectivity index is 1.94. The molecule has 3 rings (SSSR count). The molecule has 0 saturated heterocycles. The lowest BCUT2D eigenvalue weighted by Crippen LogP contribution is -2.40. The maximum atomic E-state index is 12.3. The molecular formula is C20H17NO4. The molecule has 1 unspecified atom stereocenters. The fraction of sp³-hybridized carbons (Fsp3) is 0.100. The van der Waals surface area contributed by atoms with E-state index in [9.17, 15) is 19.8 Å². The Morgan fingerprint density at radius 3 is 2.16 bits per heavy atom. The molecule has 5 heteroatoms. The van der Waals surface area contributed by atoms with Crippen molar-refractivity contribution in [1.29, 1.82) is 0 Å². The van der Waals surface area contributed by atoms with Gasteiger partial charge in [0, 0.05) is 17.7 Å². The molecular weight excluding hydrogens is 318 g/mol. The van der Waals surface area contributed by atoms with Gasteiger partial charge in [-0.1, -0.05) is 48.5 Å². The number of carboxylic acid groups (broad SMARTS) is 1. The number of benzene rings is 2. The summed E-state index contributed by atoms with van der Waals surface area (Å²) < 4.78 is 0. The van der Waals surface area contributed by atoms with Crippen LogP contribution in [-0.4, -0.2) is 27.7 Å². The van der Waals surface area contributed by atoms with Crippen LogP contribution in [0.4, 0.5) is 0 Å². The largest absolute Gasteiger partial charge is 0.479 e. The summed E-state index contributed by atoms with van der Waals surface area (Å²) >= 11 is 0. The molecule has 1 aliphatic rings. The third-order valence-electron chi connectivity index (χ3n) is 3.99. The number of carbonyl (C=O) groups excluding carboxylic acids is 1. The van der Waals surface area contributed by atoms with Crippen molar-refractivity contribution >= 4 is 17.4 Å². The Labute approximate surface area is 144 Å². The highest BCUT2D eigenvalue weighted by Gasteiger charge is 2.38. The van der Waals surface area contributed by atoms with Crippen LogP contribution >= 0.6 is 0 Å². The first-order valence-corrected chi connectivity index (χ1v) is 7.79. The second-order valence-corrected chi connectivity index (χ2v) is 5.86. The zero-order valence-electron chi connectivity index (χ0n) is 13.3. The molecule has 2 aromatic carbocycles. The van der Waals surface area contributed by atoms with Crippen molar-refractivity contribution < 1.29 is 19.8 Å². The van der Waals surface area contributed by atoms with Gasteiger partial charge in [0.15, 0.2) is 5.60 Å². The van der Waals surface area contributed by atoms with Gasteiger partial charge in [0.05, 0.1) is 0 Å². The number of carboxylic acids is 1. The molecule has 0 aliphatic heterocycles. The van der Waals surface area contributed by atoms with Gasteiger partial charge in [-0.15, -0.1) is 0 Å². The van der Waals surface area contributed by atoms with Crippen LogP contribution in [0.5, 0.6) is 0 Å². The van der Waals surface area contributed by atoms with E-state index in [4.69, 9.17) is 0 Å². The van der Waals surface area contributed by atoms with Crippen LogP contribution in [0.15, 0.2) is 78.5 Å². The molecule has 1 amide bonds. The van der Waals surface area contributed by atoms with Gasteiger partial charge in [0.1, 0.15) is 0 Å². The number of amides is 1. The first-order chi connectivity index (χ1) is 12.0. The molecule has 0 bridgehead atoms. The van der Waals surface area contributed by atoms with E-state index in [1.165, 1.54) is 6.08 Å². The number of aliphatic carboxylic acids is 1. The van der Waals surface area contributed by atoms with Crippen molar-refractivity contribution in [3.63, 3.8) is 0 Å². The van der Waals surface area contributed by atoms with Crippen molar-refractivity contribution in [2.24, 2.45) is 0 Å². The summed E-state index contributed by atoms with van der Waals surface area (Å²) in [6, 6.07) is 17.8. The Hall–Kier alpha value is -3.18.